The van der Waals surface area contributed by atoms with Crippen molar-refractivity contribution in [2.45, 2.75) is 105 Å². The Hall–Kier alpha value is -9.33. The maximum Gasteiger partial charge on any atom is 0.252 e. The van der Waals surface area contributed by atoms with Crippen molar-refractivity contribution in [3.8, 4) is 56.4 Å². The molecule has 0 N–H and O–H groups in total. The summed E-state index contributed by atoms with van der Waals surface area (Å²) >= 11 is 0. The first kappa shape index (κ1) is 54.6. The predicted molar refractivity (Wildman–Crippen MR) is 363 cm³/mol. The first-order valence-corrected chi connectivity index (χ1v) is 30.4. The highest BCUT2D eigenvalue weighted by molar-refractivity contribution is 7.00. The number of aromatic nitrogens is 3. The van der Waals surface area contributed by atoms with E-state index < -0.39 is 0 Å². The van der Waals surface area contributed by atoms with Gasteiger partial charge in [-0.15, -0.1) is 0 Å². The van der Waals surface area contributed by atoms with Crippen LogP contribution in [0.4, 0.5) is 34.1 Å². The van der Waals surface area contributed by atoms with Gasteiger partial charge in [-0.3, -0.25) is 0 Å². The molecule has 2 aromatic heterocycles. The van der Waals surface area contributed by atoms with Crippen molar-refractivity contribution in [3.05, 3.63) is 241 Å². The molecule has 0 amide bonds. The molecule has 86 heavy (non-hydrogen) atoms. The highest BCUT2D eigenvalue weighted by Gasteiger charge is 2.45. The molecule has 0 saturated heterocycles. The van der Waals surface area contributed by atoms with Gasteiger partial charge in [0.1, 0.15) is 11.2 Å². The summed E-state index contributed by atoms with van der Waals surface area (Å²) in [5, 5.41) is 2.06. The fourth-order valence-corrected chi connectivity index (χ4v) is 12.8. The zero-order valence-corrected chi connectivity index (χ0v) is 51.5. The summed E-state index contributed by atoms with van der Waals surface area (Å²) in [7, 11) is 0. The summed E-state index contributed by atoms with van der Waals surface area (Å²) in [6.45, 7) is 27.8. The van der Waals surface area contributed by atoms with E-state index in [-0.39, 0.29) is 28.4 Å². The van der Waals surface area contributed by atoms with Gasteiger partial charge in [-0.05, 0) is 143 Å². The minimum absolute atomic E-state index is 0.153. The molecule has 12 aromatic rings. The van der Waals surface area contributed by atoms with Gasteiger partial charge in [-0.1, -0.05) is 241 Å². The highest BCUT2D eigenvalue weighted by atomic mass is 16.3. The van der Waals surface area contributed by atoms with Crippen LogP contribution >= 0.6 is 0 Å². The Morgan fingerprint density at radius 3 is 1.20 bits per heavy atom. The van der Waals surface area contributed by atoms with E-state index in [1.807, 2.05) is 30.3 Å². The molecular weight excluding hydrogens is 1050 g/mol. The lowest BCUT2D eigenvalue weighted by atomic mass is 9.33. The second-order valence-corrected chi connectivity index (χ2v) is 27.8. The quantitative estimate of drug-likeness (QED) is 0.148. The first-order valence-electron chi connectivity index (χ1n) is 30.4. The maximum atomic E-state index is 6.75. The summed E-state index contributed by atoms with van der Waals surface area (Å²) in [6.07, 6.45) is 0. The molecule has 0 spiro atoms. The number of nitrogens with zero attached hydrogens (tertiary/aromatic N) is 5. The van der Waals surface area contributed by atoms with Crippen molar-refractivity contribution >= 4 is 79.2 Å². The lowest BCUT2D eigenvalue weighted by Crippen LogP contribution is -2.61. The third-order valence-electron chi connectivity index (χ3n) is 17.7. The number of hydrogen-bond acceptors (Lipinski definition) is 6. The second kappa shape index (κ2) is 20.2. The largest absolute Gasteiger partial charge is 0.455 e. The van der Waals surface area contributed by atoms with Crippen LogP contribution in [0.1, 0.15) is 105 Å². The van der Waals surface area contributed by atoms with Gasteiger partial charge in [-0.25, -0.2) is 15.0 Å². The van der Waals surface area contributed by atoms with Gasteiger partial charge in [0.05, 0.1) is 5.56 Å². The molecule has 0 unspecified atom stereocenters. The molecule has 2 aliphatic rings. The monoisotopic (exact) mass is 1120 g/mol. The molecule has 0 fully saturated rings. The third-order valence-corrected chi connectivity index (χ3v) is 17.7. The van der Waals surface area contributed by atoms with Crippen molar-refractivity contribution in [1.29, 1.82) is 0 Å². The summed E-state index contributed by atoms with van der Waals surface area (Å²) in [5.41, 5.74) is 23.6. The van der Waals surface area contributed by atoms with Crippen molar-refractivity contribution in [1.82, 2.24) is 15.0 Å². The number of para-hydroxylation sites is 2. The molecule has 6 nitrogen and oxygen atoms in total. The van der Waals surface area contributed by atoms with Crippen molar-refractivity contribution in [2.24, 2.45) is 0 Å². The summed E-state index contributed by atoms with van der Waals surface area (Å²) < 4.78 is 6.75. The zero-order chi connectivity index (χ0) is 59.6. The van der Waals surface area contributed by atoms with Gasteiger partial charge in [-0.2, -0.15) is 0 Å². The number of rotatable bonds is 7. The molecular formula is C79H72BN5O. The predicted octanol–water partition coefficient (Wildman–Crippen LogP) is 19.4. The van der Waals surface area contributed by atoms with Gasteiger partial charge in [0.25, 0.3) is 6.71 Å². The number of fused-ring (bicyclic) bond motifs is 7. The molecule has 422 valence electrons. The molecule has 0 saturated carbocycles. The van der Waals surface area contributed by atoms with Crippen LogP contribution in [0.15, 0.2) is 223 Å². The van der Waals surface area contributed by atoms with Crippen molar-refractivity contribution in [2.75, 3.05) is 9.80 Å². The Balaban J connectivity index is 1.14. The van der Waals surface area contributed by atoms with E-state index in [2.05, 4.69) is 281 Å². The van der Waals surface area contributed by atoms with E-state index in [1.54, 1.807) is 0 Å². The maximum absolute atomic E-state index is 6.75. The molecule has 0 atom stereocenters. The average Bonchev–Trinajstić information content (AvgIpc) is 0.809. The fraction of sp³-hybridized carbons (Fsp3) is 0.203. The van der Waals surface area contributed by atoms with E-state index in [9.17, 15) is 0 Å². The minimum Gasteiger partial charge on any atom is -0.455 e. The van der Waals surface area contributed by atoms with Gasteiger partial charge in [0.15, 0.2) is 17.5 Å². The van der Waals surface area contributed by atoms with Crippen LogP contribution in [-0.4, -0.2) is 21.7 Å². The van der Waals surface area contributed by atoms with E-state index in [0.29, 0.717) is 17.5 Å². The standard InChI is InChI=1S/C79H72BN5O/c1-76(2,3)55-43-56(77(4,5)6)46-59(45-55)84-66-37-35-52(49-25-16-13-17-26-49)39-64(66)80-65-40-53(50-27-18-14-19-28-50)36-38-67(65)85(60-47-57(78(7,8)9)44-58(48-60)79(10,11)12)69-42-54(41-68(84)71(69)80)74-81-73(51-29-20-15-21-30-51)82-75(83-74)63-33-24-32-62-61-31-22-23-34-70(61)86-72(62)63/h13-48H,1-12H3. The van der Waals surface area contributed by atoms with Crippen LogP contribution < -0.4 is 26.2 Å². The Kier molecular flexibility index (Phi) is 12.8. The SMILES string of the molecule is CC(C)(C)c1cc(N2c3ccc(-c4ccccc4)cc3B3c4cc(-c5ccccc5)ccc4N(c4cc(C(C)(C)C)cc(C(C)(C)C)c4)c4cc(-c5nc(-c6ccccc6)nc(-c6cccc7c6oc6ccccc67)n5)cc2c43)cc(C(C)(C)C)c1. The lowest BCUT2D eigenvalue weighted by molar-refractivity contribution is 0.568. The highest BCUT2D eigenvalue weighted by Crippen LogP contribution is 2.50. The van der Waals surface area contributed by atoms with E-state index >= 15 is 0 Å². The van der Waals surface area contributed by atoms with Crippen LogP contribution in [-0.2, 0) is 21.7 Å². The molecule has 0 aliphatic carbocycles. The Bertz CT molecular complexity index is 4380. The smallest absolute Gasteiger partial charge is 0.252 e. The summed E-state index contributed by atoms with van der Waals surface area (Å²) in [4.78, 5) is 21.7. The topological polar surface area (TPSA) is 58.3 Å². The Morgan fingerprint density at radius 2 is 0.733 bits per heavy atom. The van der Waals surface area contributed by atoms with Crippen LogP contribution in [0.25, 0.3) is 78.4 Å². The molecule has 2 aliphatic heterocycles. The molecule has 14 rings (SSSR count). The molecule has 4 heterocycles. The van der Waals surface area contributed by atoms with Crippen molar-refractivity contribution in [3.63, 3.8) is 0 Å². The zero-order valence-electron chi connectivity index (χ0n) is 51.5. The number of hydrogen-bond donors (Lipinski definition) is 0. The fourth-order valence-electron chi connectivity index (χ4n) is 12.8. The van der Waals surface area contributed by atoms with E-state index in [4.69, 9.17) is 19.4 Å². The summed E-state index contributed by atoms with van der Waals surface area (Å²) in [5.74, 6) is 1.68. The third kappa shape index (κ3) is 9.58. The van der Waals surface area contributed by atoms with Gasteiger partial charge < -0.3 is 14.2 Å². The average molecular weight is 1120 g/mol. The Labute approximate surface area is 507 Å². The lowest BCUT2D eigenvalue weighted by Gasteiger charge is -2.45. The number of anilines is 6. The first-order chi connectivity index (χ1) is 41.1. The van der Waals surface area contributed by atoms with E-state index in [1.165, 1.54) is 60.9 Å². The van der Waals surface area contributed by atoms with Gasteiger partial charge in [0.2, 0.25) is 0 Å². The number of furan rings is 1. The molecule has 10 aromatic carbocycles. The van der Waals surface area contributed by atoms with Crippen LogP contribution in [0, 0.1) is 0 Å². The minimum atomic E-state index is -0.195. The molecule has 0 radical (unpaired) electrons. The van der Waals surface area contributed by atoms with Crippen LogP contribution in [0.2, 0.25) is 0 Å². The normalized spacial score (nSPS) is 13.3. The number of benzene rings is 10. The van der Waals surface area contributed by atoms with Gasteiger partial charge >= 0.3 is 0 Å². The van der Waals surface area contributed by atoms with Crippen molar-refractivity contribution < 1.29 is 4.42 Å². The molecule has 7 heteroatoms. The van der Waals surface area contributed by atoms with Gasteiger partial charge in [0, 0.05) is 56.0 Å². The summed E-state index contributed by atoms with van der Waals surface area (Å²) in [6, 6.07) is 80.3. The van der Waals surface area contributed by atoms with Crippen LogP contribution in [0.5, 0.6) is 0 Å². The Morgan fingerprint density at radius 1 is 0.326 bits per heavy atom. The molecule has 0 bridgehead atoms. The second-order valence-electron chi connectivity index (χ2n) is 27.8. The van der Waals surface area contributed by atoms with Crippen LogP contribution in [0.3, 0.4) is 0 Å². The van der Waals surface area contributed by atoms with E-state index in [0.717, 1.165) is 72.8 Å².